The van der Waals surface area contributed by atoms with Crippen molar-refractivity contribution in [2.45, 2.75) is 38.5 Å². The van der Waals surface area contributed by atoms with E-state index < -0.39 is 0 Å². The summed E-state index contributed by atoms with van der Waals surface area (Å²) in [5.74, 6) is 3.11. The maximum Gasteiger partial charge on any atom is 0.247 e. The third-order valence-corrected chi connectivity index (χ3v) is 7.36. The number of rotatable bonds is 8. The second-order valence-electron chi connectivity index (χ2n) is 10.1. The maximum absolute atomic E-state index is 11.7. The second-order valence-corrected chi connectivity index (χ2v) is 10.1. The first kappa shape index (κ1) is 25.8. The number of fused-ring (bicyclic) bond motifs is 1. The number of nitrogens with zero attached hydrogens (tertiary/aromatic N) is 3. The summed E-state index contributed by atoms with van der Waals surface area (Å²) in [6.45, 7) is 6.49. The molecule has 1 amide bonds. The van der Waals surface area contributed by atoms with Crippen molar-refractivity contribution in [2.75, 3.05) is 40.9 Å². The maximum atomic E-state index is 11.7. The van der Waals surface area contributed by atoms with Gasteiger partial charge in [0.25, 0.3) is 0 Å². The van der Waals surface area contributed by atoms with Gasteiger partial charge in [0.1, 0.15) is 0 Å². The van der Waals surface area contributed by atoms with Gasteiger partial charge in [-0.3, -0.25) is 9.69 Å². The van der Waals surface area contributed by atoms with Crippen molar-refractivity contribution in [2.24, 2.45) is 0 Å². The first-order valence-electron chi connectivity index (χ1n) is 13.1. The highest BCUT2D eigenvalue weighted by molar-refractivity contribution is 5.94. The average molecular weight is 518 g/mol. The fraction of sp³-hybridized carbons (Fsp3) is 0.414. The van der Waals surface area contributed by atoms with Crippen molar-refractivity contribution in [1.82, 2.24) is 25.4 Å². The normalized spacial score (nSPS) is 14.8. The predicted octanol–water partition coefficient (Wildman–Crippen LogP) is 4.95. The number of methoxy groups -OCH3 is 2. The van der Waals surface area contributed by atoms with E-state index >= 15 is 0 Å². The highest BCUT2D eigenvalue weighted by Gasteiger charge is 2.26. The Morgan fingerprint density at radius 1 is 1.08 bits per heavy atom. The Morgan fingerprint density at radius 3 is 2.50 bits per heavy atom. The summed E-state index contributed by atoms with van der Waals surface area (Å²) in [5, 5.41) is 12.6. The minimum atomic E-state index is 0.0405. The third kappa shape index (κ3) is 4.98. The Labute approximate surface area is 222 Å². The van der Waals surface area contributed by atoms with Crippen molar-refractivity contribution < 1.29 is 18.7 Å². The van der Waals surface area contributed by atoms with E-state index in [1.165, 1.54) is 5.56 Å². The number of carbonyl (C=O) groups excluding carboxylic acids is 1. The molecule has 4 aromatic rings. The van der Waals surface area contributed by atoms with Crippen LogP contribution in [-0.2, 0) is 4.79 Å². The number of ether oxygens (including phenoxy) is 2. The molecule has 0 atom stereocenters. The molecule has 38 heavy (non-hydrogen) atoms. The molecule has 9 nitrogen and oxygen atoms in total. The second kappa shape index (κ2) is 10.9. The van der Waals surface area contributed by atoms with Gasteiger partial charge in [-0.25, -0.2) is 0 Å². The van der Waals surface area contributed by atoms with Gasteiger partial charge in [0.05, 0.1) is 26.5 Å². The standard InChI is InChI=1S/C29H35N5O4/c1-17(2)26-21-14-20(6-8-22(21)31-27(26)19-7-9-23(36-4)24(15-19)37-5)29-33-32-28(38-29)18-10-12-34(13-11-18)16-25(35)30-3/h6-9,14-15,17-18,31H,10-13,16H2,1-5H3,(H,30,35). The Morgan fingerprint density at radius 2 is 1.82 bits per heavy atom. The van der Waals surface area contributed by atoms with E-state index in [4.69, 9.17) is 13.9 Å². The van der Waals surface area contributed by atoms with E-state index in [1.807, 2.05) is 24.3 Å². The fourth-order valence-corrected chi connectivity index (χ4v) is 5.30. The minimum absolute atomic E-state index is 0.0405. The number of hydrogen-bond acceptors (Lipinski definition) is 7. The first-order chi connectivity index (χ1) is 18.4. The number of H-pyrrole nitrogens is 1. The lowest BCUT2D eigenvalue weighted by Crippen LogP contribution is -2.40. The average Bonchev–Trinajstić information content (AvgIpc) is 3.58. The zero-order chi connectivity index (χ0) is 26.8. The number of carbonyl (C=O) groups is 1. The zero-order valence-corrected chi connectivity index (χ0v) is 22.6. The smallest absolute Gasteiger partial charge is 0.247 e. The van der Waals surface area contributed by atoms with E-state index in [1.54, 1.807) is 21.3 Å². The molecule has 9 heteroatoms. The van der Waals surface area contributed by atoms with Crippen LogP contribution in [0.4, 0.5) is 0 Å². The van der Waals surface area contributed by atoms with E-state index in [2.05, 4.69) is 51.4 Å². The summed E-state index contributed by atoms with van der Waals surface area (Å²) in [6.07, 6.45) is 1.78. The van der Waals surface area contributed by atoms with E-state index in [0.29, 0.717) is 29.8 Å². The molecule has 1 fully saturated rings. The van der Waals surface area contributed by atoms with Gasteiger partial charge < -0.3 is 24.2 Å². The van der Waals surface area contributed by atoms with Gasteiger partial charge in [0.2, 0.25) is 17.7 Å². The summed E-state index contributed by atoms with van der Waals surface area (Å²) >= 11 is 0. The van der Waals surface area contributed by atoms with E-state index in [-0.39, 0.29) is 17.7 Å². The molecule has 0 radical (unpaired) electrons. The van der Waals surface area contributed by atoms with Crippen LogP contribution in [0.3, 0.4) is 0 Å². The third-order valence-electron chi connectivity index (χ3n) is 7.36. The molecule has 0 bridgehead atoms. The number of nitrogens with one attached hydrogen (secondary N) is 2. The lowest BCUT2D eigenvalue weighted by molar-refractivity contribution is -0.122. The number of aromatic amines is 1. The van der Waals surface area contributed by atoms with Gasteiger partial charge in [-0.1, -0.05) is 13.8 Å². The number of likely N-dealkylation sites (tertiary alicyclic amines) is 1. The zero-order valence-electron chi connectivity index (χ0n) is 22.6. The van der Waals surface area contributed by atoms with Crippen LogP contribution in [0.25, 0.3) is 33.6 Å². The molecule has 200 valence electrons. The van der Waals surface area contributed by atoms with Gasteiger partial charge in [-0.15, -0.1) is 10.2 Å². The number of likely N-dealkylation sites (N-methyl/N-ethyl adjacent to an activating group) is 1. The Kier molecular flexibility index (Phi) is 7.37. The van der Waals surface area contributed by atoms with E-state index in [9.17, 15) is 4.79 Å². The molecule has 1 saturated heterocycles. The molecule has 1 aliphatic rings. The number of piperidine rings is 1. The van der Waals surface area contributed by atoms with Crippen LogP contribution in [-0.4, -0.2) is 66.9 Å². The lowest BCUT2D eigenvalue weighted by atomic mass is 9.95. The molecule has 0 saturated carbocycles. The summed E-state index contributed by atoms with van der Waals surface area (Å²) in [6, 6.07) is 12.2. The predicted molar refractivity (Wildman–Crippen MR) is 147 cm³/mol. The van der Waals surface area contributed by atoms with Crippen LogP contribution in [0, 0.1) is 0 Å². The SMILES string of the molecule is CNC(=O)CN1CCC(c2nnc(-c3ccc4[nH]c(-c5ccc(OC)c(OC)c5)c(C(C)C)c4c3)o2)CC1. The molecular formula is C29H35N5O4. The molecule has 5 rings (SSSR count). The monoisotopic (exact) mass is 517 g/mol. The Bertz CT molecular complexity index is 1430. The van der Waals surface area contributed by atoms with Gasteiger partial charge >= 0.3 is 0 Å². The van der Waals surface area contributed by atoms with Gasteiger partial charge in [-0.2, -0.15) is 0 Å². The van der Waals surface area contributed by atoms with Crippen LogP contribution >= 0.6 is 0 Å². The lowest BCUT2D eigenvalue weighted by Gasteiger charge is -2.29. The molecule has 0 unspecified atom stereocenters. The highest BCUT2D eigenvalue weighted by Crippen LogP contribution is 2.40. The Balaban J connectivity index is 1.42. The van der Waals surface area contributed by atoms with Crippen LogP contribution in [0.15, 0.2) is 40.8 Å². The molecule has 2 N–H and O–H groups in total. The van der Waals surface area contributed by atoms with Crippen molar-refractivity contribution in [3.63, 3.8) is 0 Å². The largest absolute Gasteiger partial charge is 0.493 e. The van der Waals surface area contributed by atoms with Crippen LogP contribution in [0.5, 0.6) is 11.5 Å². The molecule has 1 aliphatic heterocycles. The fourth-order valence-electron chi connectivity index (χ4n) is 5.30. The number of benzene rings is 2. The van der Waals surface area contributed by atoms with Crippen molar-refractivity contribution in [3.8, 4) is 34.2 Å². The van der Waals surface area contributed by atoms with Gasteiger partial charge in [-0.05, 0) is 73.8 Å². The van der Waals surface area contributed by atoms with Gasteiger partial charge in [0, 0.05) is 35.0 Å². The number of aromatic nitrogens is 3. The molecule has 0 spiro atoms. The van der Waals surface area contributed by atoms with Crippen LogP contribution in [0.2, 0.25) is 0 Å². The van der Waals surface area contributed by atoms with Crippen molar-refractivity contribution in [1.29, 1.82) is 0 Å². The minimum Gasteiger partial charge on any atom is -0.493 e. The molecule has 2 aromatic heterocycles. The van der Waals surface area contributed by atoms with Crippen LogP contribution in [0.1, 0.15) is 50.0 Å². The summed E-state index contributed by atoms with van der Waals surface area (Å²) < 4.78 is 17.1. The highest BCUT2D eigenvalue weighted by atomic mass is 16.5. The molecule has 3 heterocycles. The summed E-state index contributed by atoms with van der Waals surface area (Å²) in [7, 11) is 4.96. The molecular weight excluding hydrogens is 482 g/mol. The summed E-state index contributed by atoms with van der Waals surface area (Å²) in [5.41, 5.74) is 5.26. The number of hydrogen-bond donors (Lipinski definition) is 2. The van der Waals surface area contributed by atoms with Gasteiger partial charge in [0.15, 0.2) is 11.5 Å². The van der Waals surface area contributed by atoms with Crippen molar-refractivity contribution in [3.05, 3.63) is 47.9 Å². The van der Waals surface area contributed by atoms with Crippen LogP contribution < -0.4 is 14.8 Å². The molecule has 0 aliphatic carbocycles. The topological polar surface area (TPSA) is 106 Å². The molecule has 2 aromatic carbocycles. The quantitative estimate of drug-likeness (QED) is 0.341. The summed E-state index contributed by atoms with van der Waals surface area (Å²) in [4.78, 5) is 17.5. The first-order valence-corrected chi connectivity index (χ1v) is 13.1. The van der Waals surface area contributed by atoms with Crippen molar-refractivity contribution >= 4 is 16.8 Å². The Hall–Kier alpha value is -3.85. The number of amides is 1. The van der Waals surface area contributed by atoms with E-state index in [0.717, 1.165) is 53.7 Å².